The predicted molar refractivity (Wildman–Crippen MR) is 95.0 cm³/mol. The quantitative estimate of drug-likeness (QED) is 0.403. The second-order valence-electron chi connectivity index (χ2n) is 6.11. The topological polar surface area (TPSA) is 92.4 Å². The first-order valence-corrected chi connectivity index (χ1v) is 8.41. The van der Waals surface area contributed by atoms with Crippen LogP contribution in [0.4, 0.5) is 0 Å². The monoisotopic (exact) mass is 373 g/mol. The number of aryl methyl sites for hydroxylation is 1. The third-order valence-corrected chi connectivity index (χ3v) is 4.65. The fourth-order valence-corrected chi connectivity index (χ4v) is 3.30. The highest BCUT2D eigenvalue weighted by atomic mass is 35.5. The molecule has 0 amide bonds. The van der Waals surface area contributed by atoms with Crippen molar-refractivity contribution in [3.63, 3.8) is 0 Å². The third kappa shape index (κ3) is 2.41. The standard InChI is InChI=1S/C17H16ClN5O3/c1-9(7-25-3)16-20-17(26-21-16)13-14-10(2)23(24)15-11(18)5-4-6-12(15)22(14)8-19-13/h4-6,8-9H,7H2,1-3H3. The van der Waals surface area contributed by atoms with Crippen molar-refractivity contribution in [2.75, 3.05) is 13.7 Å². The first-order valence-electron chi connectivity index (χ1n) is 8.03. The molecule has 0 saturated heterocycles. The maximum atomic E-state index is 12.8. The van der Waals surface area contributed by atoms with Gasteiger partial charge in [-0.3, -0.25) is 4.40 Å². The van der Waals surface area contributed by atoms with Crippen LogP contribution >= 0.6 is 11.6 Å². The Labute approximate surface area is 153 Å². The molecule has 4 rings (SSSR count). The number of fused-ring (bicyclic) bond motifs is 3. The minimum absolute atomic E-state index is 0.0171. The van der Waals surface area contributed by atoms with E-state index in [-0.39, 0.29) is 11.8 Å². The van der Waals surface area contributed by atoms with E-state index < -0.39 is 0 Å². The number of methoxy groups -OCH3 is 1. The van der Waals surface area contributed by atoms with Crippen LogP contribution in [0.2, 0.25) is 5.02 Å². The molecule has 1 aromatic carbocycles. The van der Waals surface area contributed by atoms with E-state index in [0.717, 1.165) is 4.73 Å². The van der Waals surface area contributed by atoms with Crippen LogP contribution in [0.5, 0.6) is 0 Å². The Balaban J connectivity index is 1.95. The first-order chi connectivity index (χ1) is 12.5. The second-order valence-corrected chi connectivity index (χ2v) is 6.52. The summed E-state index contributed by atoms with van der Waals surface area (Å²) in [6.45, 7) is 4.13. The zero-order valence-corrected chi connectivity index (χ0v) is 15.2. The number of ether oxygens (including phenoxy) is 1. The maximum Gasteiger partial charge on any atom is 0.279 e. The normalized spacial score (nSPS) is 12.9. The largest absolute Gasteiger partial charge is 0.618 e. The lowest BCUT2D eigenvalue weighted by Gasteiger charge is -2.09. The van der Waals surface area contributed by atoms with Gasteiger partial charge in [0.05, 0.1) is 6.61 Å². The molecular weight excluding hydrogens is 358 g/mol. The molecule has 4 aromatic rings. The number of nitrogens with zero attached hydrogens (tertiary/aromatic N) is 5. The summed E-state index contributed by atoms with van der Waals surface area (Å²) >= 11 is 6.22. The molecule has 0 radical (unpaired) electrons. The minimum atomic E-state index is -0.0171. The number of halogens is 1. The number of imidazole rings is 1. The summed E-state index contributed by atoms with van der Waals surface area (Å²) < 4.78 is 13.1. The number of para-hydroxylation sites is 1. The van der Waals surface area contributed by atoms with Crippen LogP contribution in [0, 0.1) is 12.1 Å². The lowest BCUT2D eigenvalue weighted by Crippen LogP contribution is -2.32. The predicted octanol–water partition coefficient (Wildman–Crippen LogP) is 2.88. The zero-order chi connectivity index (χ0) is 18.4. The molecule has 0 aliphatic heterocycles. The molecule has 0 saturated carbocycles. The van der Waals surface area contributed by atoms with Crippen molar-refractivity contribution in [2.24, 2.45) is 0 Å². The zero-order valence-electron chi connectivity index (χ0n) is 14.4. The molecular formula is C17H16ClN5O3. The molecule has 3 heterocycles. The van der Waals surface area contributed by atoms with Crippen molar-refractivity contribution in [3.8, 4) is 11.6 Å². The molecule has 26 heavy (non-hydrogen) atoms. The molecule has 1 atom stereocenters. The molecule has 134 valence electrons. The summed E-state index contributed by atoms with van der Waals surface area (Å²) in [6, 6.07) is 5.28. The van der Waals surface area contributed by atoms with Crippen LogP contribution in [0.25, 0.3) is 28.1 Å². The molecule has 0 aliphatic carbocycles. The summed E-state index contributed by atoms with van der Waals surface area (Å²) in [7, 11) is 1.62. The summed E-state index contributed by atoms with van der Waals surface area (Å²) in [5.41, 5.74) is 2.55. The molecule has 0 bridgehead atoms. The Morgan fingerprint density at radius 1 is 1.42 bits per heavy atom. The van der Waals surface area contributed by atoms with Crippen LogP contribution in [0.1, 0.15) is 24.4 Å². The Kier molecular flexibility index (Phi) is 4.01. The van der Waals surface area contributed by atoms with Gasteiger partial charge in [-0.05, 0) is 12.1 Å². The summed E-state index contributed by atoms with van der Waals surface area (Å²) in [4.78, 5) is 8.82. The fourth-order valence-electron chi connectivity index (χ4n) is 3.05. The van der Waals surface area contributed by atoms with Crippen LogP contribution in [0.15, 0.2) is 29.0 Å². The lowest BCUT2D eigenvalue weighted by molar-refractivity contribution is -0.583. The summed E-state index contributed by atoms with van der Waals surface area (Å²) in [6.07, 6.45) is 1.62. The second kappa shape index (κ2) is 6.22. The van der Waals surface area contributed by atoms with Crippen LogP contribution in [-0.2, 0) is 4.74 Å². The van der Waals surface area contributed by atoms with E-state index >= 15 is 0 Å². The van der Waals surface area contributed by atoms with Gasteiger partial charge in [-0.15, -0.1) is 0 Å². The Morgan fingerprint density at radius 2 is 2.23 bits per heavy atom. The highest BCUT2D eigenvalue weighted by Crippen LogP contribution is 2.29. The van der Waals surface area contributed by atoms with Crippen molar-refractivity contribution >= 4 is 28.2 Å². The van der Waals surface area contributed by atoms with Gasteiger partial charge in [-0.25, -0.2) is 4.98 Å². The summed E-state index contributed by atoms with van der Waals surface area (Å²) in [5, 5.41) is 17.1. The van der Waals surface area contributed by atoms with Gasteiger partial charge in [0.25, 0.3) is 11.4 Å². The Hall–Kier alpha value is -2.71. The Bertz CT molecular complexity index is 1120. The minimum Gasteiger partial charge on any atom is -0.618 e. The van der Waals surface area contributed by atoms with Gasteiger partial charge in [-0.2, -0.15) is 9.71 Å². The van der Waals surface area contributed by atoms with Gasteiger partial charge in [-0.1, -0.05) is 29.7 Å². The molecule has 1 unspecified atom stereocenters. The van der Waals surface area contributed by atoms with Crippen molar-refractivity contribution in [1.82, 2.24) is 19.5 Å². The number of hydrogen-bond acceptors (Lipinski definition) is 6. The summed E-state index contributed by atoms with van der Waals surface area (Å²) in [5.74, 6) is 0.769. The SMILES string of the molecule is COCC(C)c1noc(-c2ncn3c2c(C)[n+]([O-])c2c(Cl)cccc23)n1. The van der Waals surface area contributed by atoms with Crippen molar-refractivity contribution in [3.05, 3.63) is 46.3 Å². The van der Waals surface area contributed by atoms with E-state index in [2.05, 4.69) is 15.1 Å². The molecule has 0 spiro atoms. The molecule has 8 nitrogen and oxygen atoms in total. The van der Waals surface area contributed by atoms with Gasteiger partial charge in [0.15, 0.2) is 11.5 Å². The molecule has 0 aliphatic rings. The third-order valence-electron chi connectivity index (χ3n) is 4.34. The average Bonchev–Trinajstić information content (AvgIpc) is 3.26. The van der Waals surface area contributed by atoms with E-state index in [0.29, 0.717) is 45.4 Å². The van der Waals surface area contributed by atoms with Gasteiger partial charge < -0.3 is 14.5 Å². The van der Waals surface area contributed by atoms with Crippen LogP contribution in [-0.4, -0.2) is 33.2 Å². The van der Waals surface area contributed by atoms with E-state index in [9.17, 15) is 5.21 Å². The maximum absolute atomic E-state index is 12.8. The van der Waals surface area contributed by atoms with Crippen molar-refractivity contribution in [2.45, 2.75) is 19.8 Å². The van der Waals surface area contributed by atoms with E-state index in [4.69, 9.17) is 20.9 Å². The van der Waals surface area contributed by atoms with E-state index in [1.807, 2.05) is 17.4 Å². The van der Waals surface area contributed by atoms with Crippen molar-refractivity contribution in [1.29, 1.82) is 0 Å². The van der Waals surface area contributed by atoms with Gasteiger partial charge in [0.1, 0.15) is 22.4 Å². The number of aromatic nitrogens is 5. The number of hydrogen-bond donors (Lipinski definition) is 0. The van der Waals surface area contributed by atoms with Crippen LogP contribution in [0.3, 0.4) is 0 Å². The van der Waals surface area contributed by atoms with E-state index in [1.54, 1.807) is 32.5 Å². The molecule has 3 aromatic heterocycles. The van der Waals surface area contributed by atoms with Gasteiger partial charge in [0, 0.05) is 20.0 Å². The van der Waals surface area contributed by atoms with Gasteiger partial charge in [0.2, 0.25) is 5.69 Å². The first kappa shape index (κ1) is 16.7. The fraction of sp³-hybridized carbons (Fsp3) is 0.294. The molecule has 9 heteroatoms. The highest BCUT2D eigenvalue weighted by molar-refractivity contribution is 6.34. The number of benzene rings is 1. The average molecular weight is 374 g/mol. The lowest BCUT2D eigenvalue weighted by atomic mass is 10.2. The smallest absolute Gasteiger partial charge is 0.279 e. The molecule has 0 fully saturated rings. The molecule has 0 N–H and O–H groups in total. The number of rotatable bonds is 4. The van der Waals surface area contributed by atoms with E-state index in [1.165, 1.54) is 0 Å². The van der Waals surface area contributed by atoms with Crippen molar-refractivity contribution < 1.29 is 14.0 Å². The van der Waals surface area contributed by atoms with Gasteiger partial charge >= 0.3 is 0 Å². The Morgan fingerprint density at radius 3 is 3.00 bits per heavy atom. The van der Waals surface area contributed by atoms with Crippen LogP contribution < -0.4 is 4.73 Å². The highest BCUT2D eigenvalue weighted by Gasteiger charge is 2.25.